The summed E-state index contributed by atoms with van der Waals surface area (Å²) in [5, 5.41) is 3.35. The SMILES string of the molecule is C#Cc1cccc(Nc2ccc(C)c(C)c2)c1. The molecule has 1 nitrogen and oxygen atoms in total. The maximum atomic E-state index is 5.38. The number of aryl methyl sites for hydroxylation is 2. The van der Waals surface area contributed by atoms with Crippen LogP contribution in [-0.4, -0.2) is 0 Å². The van der Waals surface area contributed by atoms with Gasteiger partial charge in [-0.3, -0.25) is 0 Å². The second-order valence-corrected chi connectivity index (χ2v) is 4.15. The molecular formula is C16H15N. The Morgan fingerprint density at radius 2 is 1.71 bits per heavy atom. The molecule has 0 unspecified atom stereocenters. The first-order valence-electron chi connectivity index (χ1n) is 5.60. The number of nitrogens with one attached hydrogen (secondary N) is 1. The van der Waals surface area contributed by atoms with E-state index in [0.717, 1.165) is 16.9 Å². The van der Waals surface area contributed by atoms with Gasteiger partial charge in [0, 0.05) is 16.9 Å². The smallest absolute Gasteiger partial charge is 0.0396 e. The fraction of sp³-hybridized carbons (Fsp3) is 0.125. The van der Waals surface area contributed by atoms with Crippen LogP contribution in [-0.2, 0) is 0 Å². The molecule has 0 aliphatic carbocycles. The van der Waals surface area contributed by atoms with Gasteiger partial charge in [-0.15, -0.1) is 6.42 Å². The van der Waals surface area contributed by atoms with E-state index in [2.05, 4.69) is 43.3 Å². The van der Waals surface area contributed by atoms with Crippen molar-refractivity contribution >= 4 is 11.4 Å². The Kier molecular flexibility index (Phi) is 3.16. The van der Waals surface area contributed by atoms with E-state index >= 15 is 0 Å². The van der Waals surface area contributed by atoms with Crippen molar-refractivity contribution in [1.29, 1.82) is 0 Å². The number of terminal acetylenes is 1. The molecule has 1 heteroatoms. The second-order valence-electron chi connectivity index (χ2n) is 4.15. The lowest BCUT2D eigenvalue weighted by Crippen LogP contribution is -1.92. The third-order valence-electron chi connectivity index (χ3n) is 2.82. The van der Waals surface area contributed by atoms with Crippen LogP contribution in [0.5, 0.6) is 0 Å². The lowest BCUT2D eigenvalue weighted by atomic mass is 10.1. The Morgan fingerprint density at radius 1 is 0.941 bits per heavy atom. The van der Waals surface area contributed by atoms with Gasteiger partial charge >= 0.3 is 0 Å². The summed E-state index contributed by atoms with van der Waals surface area (Å²) in [5.41, 5.74) is 5.57. The predicted octanol–water partition coefficient (Wildman–Crippen LogP) is 4.03. The fourth-order valence-corrected chi connectivity index (χ4v) is 1.67. The molecule has 0 saturated heterocycles. The van der Waals surface area contributed by atoms with Gasteiger partial charge in [0.05, 0.1) is 0 Å². The van der Waals surface area contributed by atoms with E-state index in [-0.39, 0.29) is 0 Å². The number of hydrogen-bond acceptors (Lipinski definition) is 1. The molecule has 0 spiro atoms. The number of anilines is 2. The lowest BCUT2D eigenvalue weighted by molar-refractivity contribution is 1.34. The predicted molar refractivity (Wildman–Crippen MR) is 73.6 cm³/mol. The third kappa shape index (κ3) is 2.68. The molecule has 2 rings (SSSR count). The van der Waals surface area contributed by atoms with Crippen LogP contribution in [0.1, 0.15) is 16.7 Å². The van der Waals surface area contributed by atoms with E-state index in [1.54, 1.807) is 0 Å². The van der Waals surface area contributed by atoms with E-state index in [0.29, 0.717) is 0 Å². The lowest BCUT2D eigenvalue weighted by Gasteiger charge is -2.09. The summed E-state index contributed by atoms with van der Waals surface area (Å²) in [4.78, 5) is 0. The van der Waals surface area contributed by atoms with Crippen molar-refractivity contribution in [1.82, 2.24) is 0 Å². The van der Waals surface area contributed by atoms with E-state index in [9.17, 15) is 0 Å². The Bertz CT molecular complexity index is 576. The van der Waals surface area contributed by atoms with Crippen molar-refractivity contribution in [3.8, 4) is 12.3 Å². The summed E-state index contributed by atoms with van der Waals surface area (Å²) in [7, 11) is 0. The zero-order chi connectivity index (χ0) is 12.3. The van der Waals surface area contributed by atoms with Gasteiger partial charge in [0.2, 0.25) is 0 Å². The normalized spacial score (nSPS) is 9.71. The van der Waals surface area contributed by atoms with E-state index in [1.807, 2.05) is 24.3 Å². The second kappa shape index (κ2) is 4.76. The van der Waals surface area contributed by atoms with Crippen molar-refractivity contribution in [3.05, 3.63) is 59.2 Å². The average molecular weight is 221 g/mol. The Hall–Kier alpha value is -2.20. The van der Waals surface area contributed by atoms with E-state index in [1.165, 1.54) is 11.1 Å². The first-order chi connectivity index (χ1) is 8.19. The zero-order valence-electron chi connectivity index (χ0n) is 10.1. The molecule has 0 saturated carbocycles. The molecule has 2 aromatic carbocycles. The average Bonchev–Trinajstić information content (AvgIpc) is 2.34. The van der Waals surface area contributed by atoms with Crippen LogP contribution >= 0.6 is 0 Å². The van der Waals surface area contributed by atoms with Gasteiger partial charge in [-0.1, -0.05) is 18.1 Å². The van der Waals surface area contributed by atoms with E-state index < -0.39 is 0 Å². The molecule has 2 aromatic rings. The van der Waals surface area contributed by atoms with Crippen LogP contribution in [0.4, 0.5) is 11.4 Å². The molecule has 0 aliphatic rings. The summed E-state index contributed by atoms with van der Waals surface area (Å²) < 4.78 is 0. The summed E-state index contributed by atoms with van der Waals surface area (Å²) in [6.45, 7) is 4.22. The molecule has 1 N–H and O–H groups in total. The first-order valence-corrected chi connectivity index (χ1v) is 5.60. The van der Waals surface area contributed by atoms with Gasteiger partial charge in [-0.25, -0.2) is 0 Å². The van der Waals surface area contributed by atoms with Gasteiger partial charge in [0.1, 0.15) is 0 Å². The molecule has 0 atom stereocenters. The molecule has 0 bridgehead atoms. The topological polar surface area (TPSA) is 12.0 Å². The van der Waals surface area contributed by atoms with Gasteiger partial charge in [0.25, 0.3) is 0 Å². The Labute approximate surface area is 102 Å². The molecule has 0 radical (unpaired) electrons. The van der Waals surface area contributed by atoms with Gasteiger partial charge < -0.3 is 5.32 Å². The van der Waals surface area contributed by atoms with Gasteiger partial charge in [-0.2, -0.15) is 0 Å². The quantitative estimate of drug-likeness (QED) is 0.755. The number of hydrogen-bond donors (Lipinski definition) is 1. The Morgan fingerprint density at radius 3 is 2.41 bits per heavy atom. The number of benzene rings is 2. The molecule has 0 heterocycles. The molecule has 17 heavy (non-hydrogen) atoms. The van der Waals surface area contributed by atoms with Crippen LogP contribution < -0.4 is 5.32 Å². The zero-order valence-corrected chi connectivity index (χ0v) is 10.1. The maximum absolute atomic E-state index is 5.38. The third-order valence-corrected chi connectivity index (χ3v) is 2.82. The van der Waals surface area contributed by atoms with Gasteiger partial charge in [-0.05, 0) is 55.3 Å². The minimum absolute atomic E-state index is 0.888. The van der Waals surface area contributed by atoms with E-state index in [4.69, 9.17) is 6.42 Å². The van der Waals surface area contributed by atoms with Crippen LogP contribution in [0.15, 0.2) is 42.5 Å². The molecule has 0 aliphatic heterocycles. The summed E-state index contributed by atoms with van der Waals surface area (Å²) >= 11 is 0. The van der Waals surface area contributed by atoms with Crippen molar-refractivity contribution in [2.45, 2.75) is 13.8 Å². The molecular weight excluding hydrogens is 206 g/mol. The molecule has 0 amide bonds. The summed E-state index contributed by atoms with van der Waals surface area (Å²) in [6.07, 6.45) is 5.38. The highest BCUT2D eigenvalue weighted by molar-refractivity contribution is 5.62. The van der Waals surface area contributed by atoms with Crippen LogP contribution in [0.2, 0.25) is 0 Å². The van der Waals surface area contributed by atoms with Gasteiger partial charge in [0.15, 0.2) is 0 Å². The Balaban J connectivity index is 2.25. The van der Waals surface area contributed by atoms with Crippen LogP contribution in [0.25, 0.3) is 0 Å². The van der Waals surface area contributed by atoms with Crippen molar-refractivity contribution in [2.24, 2.45) is 0 Å². The molecule has 0 fully saturated rings. The summed E-state index contributed by atoms with van der Waals surface area (Å²) in [6, 6.07) is 14.2. The van der Waals surface area contributed by atoms with Crippen LogP contribution in [0, 0.1) is 26.2 Å². The summed E-state index contributed by atoms with van der Waals surface area (Å²) in [5.74, 6) is 2.63. The molecule has 0 aromatic heterocycles. The van der Waals surface area contributed by atoms with Crippen molar-refractivity contribution in [2.75, 3.05) is 5.32 Å². The maximum Gasteiger partial charge on any atom is 0.0396 e. The highest BCUT2D eigenvalue weighted by Crippen LogP contribution is 2.20. The largest absolute Gasteiger partial charge is 0.355 e. The van der Waals surface area contributed by atoms with Crippen molar-refractivity contribution in [3.63, 3.8) is 0 Å². The minimum atomic E-state index is 0.888. The number of rotatable bonds is 2. The monoisotopic (exact) mass is 221 g/mol. The standard InChI is InChI=1S/C16H15N/c1-4-14-6-5-7-15(11-14)17-16-9-8-12(2)13(3)10-16/h1,5-11,17H,2-3H3. The fourth-order valence-electron chi connectivity index (χ4n) is 1.67. The minimum Gasteiger partial charge on any atom is -0.355 e. The first kappa shape index (κ1) is 11.3. The molecule has 84 valence electrons. The highest BCUT2D eigenvalue weighted by atomic mass is 14.9. The van der Waals surface area contributed by atoms with Crippen LogP contribution in [0.3, 0.4) is 0 Å². The van der Waals surface area contributed by atoms with Crippen molar-refractivity contribution < 1.29 is 0 Å². The highest BCUT2D eigenvalue weighted by Gasteiger charge is 1.98.